The van der Waals surface area contributed by atoms with E-state index in [4.69, 9.17) is 4.74 Å². The van der Waals surface area contributed by atoms with Gasteiger partial charge in [-0.3, -0.25) is 14.3 Å². The molecule has 0 spiro atoms. The molecule has 8 nitrogen and oxygen atoms in total. The lowest BCUT2D eigenvalue weighted by Crippen LogP contribution is -2.37. The van der Waals surface area contributed by atoms with Crippen molar-refractivity contribution in [3.8, 4) is 5.75 Å². The zero-order valence-electron chi connectivity index (χ0n) is 16.9. The van der Waals surface area contributed by atoms with Crippen LogP contribution in [0, 0.1) is 0 Å². The number of nitrogens with zero attached hydrogens (tertiary/aromatic N) is 2. The summed E-state index contributed by atoms with van der Waals surface area (Å²) in [5.74, 6) is 0.0680. The highest BCUT2D eigenvalue weighted by Gasteiger charge is 2.18. The van der Waals surface area contributed by atoms with Gasteiger partial charge in [0.05, 0.1) is 18.0 Å². The Kier molecular flexibility index (Phi) is 7.22. The Hall–Kier alpha value is -3.07. The first-order chi connectivity index (χ1) is 13.6. The van der Waals surface area contributed by atoms with E-state index in [2.05, 4.69) is 4.72 Å². The molecule has 0 aliphatic carbocycles. The number of nitrogens with one attached hydrogen (secondary N) is 1. The van der Waals surface area contributed by atoms with Gasteiger partial charge in [0.25, 0.3) is 15.9 Å². The van der Waals surface area contributed by atoms with Gasteiger partial charge in [0.15, 0.2) is 0 Å². The fourth-order valence-corrected chi connectivity index (χ4v) is 3.47. The van der Waals surface area contributed by atoms with E-state index in [1.54, 1.807) is 38.4 Å². The van der Waals surface area contributed by atoms with Gasteiger partial charge in [0.2, 0.25) is 5.91 Å². The van der Waals surface area contributed by atoms with Gasteiger partial charge in [-0.05, 0) is 55.5 Å². The van der Waals surface area contributed by atoms with E-state index in [0.29, 0.717) is 23.6 Å². The summed E-state index contributed by atoms with van der Waals surface area (Å²) < 4.78 is 32.9. The summed E-state index contributed by atoms with van der Waals surface area (Å²) in [6.07, 6.45) is 0. The summed E-state index contributed by atoms with van der Waals surface area (Å²) in [6.45, 7) is 2.32. The molecule has 2 rings (SSSR count). The van der Waals surface area contributed by atoms with Crippen LogP contribution in [0.1, 0.15) is 17.3 Å². The van der Waals surface area contributed by atoms with E-state index in [-0.39, 0.29) is 23.3 Å². The number of anilines is 1. The topological polar surface area (TPSA) is 96.0 Å². The number of rotatable bonds is 8. The molecule has 29 heavy (non-hydrogen) atoms. The standard InChI is InChI=1S/C20H25N3O5S/c1-5-28-17-10-8-16(9-11-17)21-29(26,27)18-12-6-15(7-13-18)20(25)23(4)14-19(24)22(2)3/h6-13,21H,5,14H2,1-4H3. The number of hydrogen-bond donors (Lipinski definition) is 1. The SMILES string of the molecule is CCOc1ccc(NS(=O)(=O)c2ccc(C(=O)N(C)CC(=O)N(C)C)cc2)cc1. The van der Waals surface area contributed by atoms with Crippen LogP contribution in [-0.4, -0.2) is 64.3 Å². The van der Waals surface area contributed by atoms with Crippen LogP contribution >= 0.6 is 0 Å². The number of benzene rings is 2. The van der Waals surface area contributed by atoms with Crippen molar-refractivity contribution in [3.63, 3.8) is 0 Å². The van der Waals surface area contributed by atoms with Gasteiger partial charge in [0.1, 0.15) is 5.75 Å². The van der Waals surface area contributed by atoms with Crippen molar-refractivity contribution in [3.05, 3.63) is 54.1 Å². The Labute approximate surface area is 171 Å². The van der Waals surface area contributed by atoms with Gasteiger partial charge in [0, 0.05) is 32.4 Å². The number of likely N-dealkylation sites (N-methyl/N-ethyl adjacent to an activating group) is 2. The van der Waals surface area contributed by atoms with E-state index < -0.39 is 10.0 Å². The molecule has 0 atom stereocenters. The summed E-state index contributed by atoms with van der Waals surface area (Å²) >= 11 is 0. The third kappa shape index (κ3) is 5.95. The zero-order valence-corrected chi connectivity index (χ0v) is 17.7. The summed E-state index contributed by atoms with van der Waals surface area (Å²) in [5.41, 5.74) is 0.689. The molecular weight excluding hydrogens is 394 g/mol. The molecule has 2 aromatic carbocycles. The van der Waals surface area contributed by atoms with Gasteiger partial charge in [-0.2, -0.15) is 0 Å². The normalized spacial score (nSPS) is 10.9. The number of ether oxygens (including phenoxy) is 1. The molecule has 9 heteroatoms. The molecule has 2 amide bonds. The molecule has 0 saturated carbocycles. The Morgan fingerprint density at radius 1 is 0.966 bits per heavy atom. The molecule has 0 aliphatic rings. The second-order valence-corrected chi connectivity index (χ2v) is 8.22. The molecule has 0 heterocycles. The van der Waals surface area contributed by atoms with Gasteiger partial charge < -0.3 is 14.5 Å². The van der Waals surface area contributed by atoms with Crippen molar-refractivity contribution < 1.29 is 22.7 Å². The highest BCUT2D eigenvalue weighted by molar-refractivity contribution is 7.92. The number of carbonyl (C=O) groups excluding carboxylic acids is 2. The summed E-state index contributed by atoms with van der Waals surface area (Å²) in [7, 11) is 0.925. The van der Waals surface area contributed by atoms with Gasteiger partial charge in [-0.15, -0.1) is 0 Å². The van der Waals surface area contributed by atoms with Crippen LogP contribution in [0.3, 0.4) is 0 Å². The number of carbonyl (C=O) groups is 2. The monoisotopic (exact) mass is 419 g/mol. The summed E-state index contributed by atoms with van der Waals surface area (Å²) in [5, 5.41) is 0. The van der Waals surface area contributed by atoms with Gasteiger partial charge in [-0.1, -0.05) is 0 Å². The number of amides is 2. The minimum Gasteiger partial charge on any atom is -0.494 e. The molecule has 1 N–H and O–H groups in total. The van der Waals surface area contributed by atoms with Crippen LogP contribution in [0.5, 0.6) is 5.75 Å². The first-order valence-corrected chi connectivity index (χ1v) is 10.4. The van der Waals surface area contributed by atoms with Crippen LogP contribution in [0.25, 0.3) is 0 Å². The minimum atomic E-state index is -3.81. The van der Waals surface area contributed by atoms with Crippen molar-refractivity contribution in [2.45, 2.75) is 11.8 Å². The summed E-state index contributed by atoms with van der Waals surface area (Å²) in [6, 6.07) is 12.1. The third-order valence-electron chi connectivity index (χ3n) is 4.05. The molecule has 0 aliphatic heterocycles. The van der Waals surface area contributed by atoms with Gasteiger partial charge >= 0.3 is 0 Å². The van der Waals surface area contributed by atoms with Crippen molar-refractivity contribution in [1.29, 1.82) is 0 Å². The maximum atomic E-state index is 12.6. The van der Waals surface area contributed by atoms with E-state index in [0.717, 1.165) is 0 Å². The maximum absolute atomic E-state index is 12.6. The molecule has 0 bridgehead atoms. The average molecular weight is 420 g/mol. The lowest BCUT2D eigenvalue weighted by Gasteiger charge is -2.19. The Balaban J connectivity index is 2.09. The van der Waals surface area contributed by atoms with E-state index in [1.165, 1.54) is 41.1 Å². The lowest BCUT2D eigenvalue weighted by atomic mass is 10.2. The van der Waals surface area contributed by atoms with Crippen molar-refractivity contribution in [2.24, 2.45) is 0 Å². The second kappa shape index (κ2) is 9.42. The predicted molar refractivity (Wildman–Crippen MR) is 111 cm³/mol. The van der Waals surface area contributed by atoms with Crippen LogP contribution in [-0.2, 0) is 14.8 Å². The second-order valence-electron chi connectivity index (χ2n) is 6.54. The molecule has 156 valence electrons. The van der Waals surface area contributed by atoms with Crippen molar-refractivity contribution in [1.82, 2.24) is 9.80 Å². The zero-order chi connectivity index (χ0) is 21.6. The van der Waals surface area contributed by atoms with E-state index in [9.17, 15) is 18.0 Å². The van der Waals surface area contributed by atoms with Gasteiger partial charge in [-0.25, -0.2) is 8.42 Å². The van der Waals surface area contributed by atoms with Crippen LogP contribution in [0.2, 0.25) is 0 Å². The van der Waals surface area contributed by atoms with Crippen molar-refractivity contribution in [2.75, 3.05) is 39.0 Å². The van der Waals surface area contributed by atoms with E-state index >= 15 is 0 Å². The molecule has 2 aromatic rings. The number of sulfonamides is 1. The first-order valence-electron chi connectivity index (χ1n) is 8.95. The smallest absolute Gasteiger partial charge is 0.261 e. The van der Waals surface area contributed by atoms with Crippen molar-refractivity contribution >= 4 is 27.5 Å². The number of hydrogen-bond acceptors (Lipinski definition) is 5. The van der Waals surface area contributed by atoms with E-state index in [1.807, 2.05) is 6.92 Å². The molecule has 0 aromatic heterocycles. The largest absolute Gasteiger partial charge is 0.494 e. The highest BCUT2D eigenvalue weighted by Crippen LogP contribution is 2.20. The quantitative estimate of drug-likeness (QED) is 0.706. The Morgan fingerprint density at radius 2 is 1.55 bits per heavy atom. The van der Waals surface area contributed by atoms with Crippen LogP contribution in [0.15, 0.2) is 53.4 Å². The maximum Gasteiger partial charge on any atom is 0.261 e. The Bertz CT molecular complexity index is 955. The Morgan fingerprint density at radius 3 is 2.07 bits per heavy atom. The molecule has 0 radical (unpaired) electrons. The highest BCUT2D eigenvalue weighted by atomic mass is 32.2. The fourth-order valence-electron chi connectivity index (χ4n) is 2.41. The van der Waals surface area contributed by atoms with Crippen LogP contribution < -0.4 is 9.46 Å². The molecular formula is C20H25N3O5S. The summed E-state index contributed by atoms with van der Waals surface area (Å²) in [4.78, 5) is 26.9. The molecule has 0 unspecified atom stereocenters. The molecule has 0 fully saturated rings. The molecule has 0 saturated heterocycles. The lowest BCUT2D eigenvalue weighted by molar-refractivity contribution is -0.129. The average Bonchev–Trinajstić information content (AvgIpc) is 2.68. The third-order valence-corrected chi connectivity index (χ3v) is 5.44. The van der Waals surface area contributed by atoms with Crippen LogP contribution in [0.4, 0.5) is 5.69 Å². The predicted octanol–water partition coefficient (Wildman–Crippen LogP) is 2.05. The minimum absolute atomic E-state index is 0.0231. The first kappa shape index (κ1) is 22.2. The fraction of sp³-hybridized carbons (Fsp3) is 0.300.